The number of fused-ring (bicyclic) bond motifs is 1. The van der Waals surface area contributed by atoms with Gasteiger partial charge in [0.15, 0.2) is 0 Å². The third kappa shape index (κ3) is 3.27. The summed E-state index contributed by atoms with van der Waals surface area (Å²) >= 11 is 7.78. The van der Waals surface area contributed by atoms with Crippen molar-refractivity contribution in [2.75, 3.05) is 14.1 Å². The lowest BCUT2D eigenvalue weighted by Crippen LogP contribution is -2.40. The summed E-state index contributed by atoms with van der Waals surface area (Å²) < 4.78 is 1.07. The summed E-state index contributed by atoms with van der Waals surface area (Å²) in [7, 11) is 3.54. The fourth-order valence-corrected chi connectivity index (χ4v) is 4.50. The van der Waals surface area contributed by atoms with Crippen molar-refractivity contribution in [2.45, 2.75) is 18.3 Å². The van der Waals surface area contributed by atoms with Gasteiger partial charge in [-0.3, -0.25) is 4.79 Å². The van der Waals surface area contributed by atoms with Crippen LogP contribution >= 0.6 is 22.9 Å². The summed E-state index contributed by atoms with van der Waals surface area (Å²) in [6.45, 7) is 6.06. The molecule has 26 heavy (non-hydrogen) atoms. The van der Waals surface area contributed by atoms with Gasteiger partial charge >= 0.3 is 0 Å². The fraction of sp³-hybridized carbons (Fsp3) is 0.238. The molecule has 0 radical (unpaired) electrons. The number of rotatable bonds is 5. The molecule has 5 heteroatoms. The third-order valence-electron chi connectivity index (χ3n) is 4.72. The second kappa shape index (κ2) is 7.22. The molecule has 0 spiro atoms. The number of hydrogen-bond acceptors (Lipinski definition) is 3. The van der Waals surface area contributed by atoms with E-state index in [0.717, 1.165) is 20.8 Å². The summed E-state index contributed by atoms with van der Waals surface area (Å²) in [5, 5.41) is 1.42. The molecule has 3 aromatic rings. The number of likely N-dealkylation sites (N-methyl/N-ethyl adjacent to an activating group) is 1. The number of nitrogens with zero attached hydrogens (tertiary/aromatic N) is 2. The second-order valence-corrected chi connectivity index (χ2v) is 8.18. The smallest absolute Gasteiger partial charge is 0.233 e. The first-order valence-corrected chi connectivity index (χ1v) is 9.52. The number of carbonyl (C=O) groups is 1. The zero-order valence-corrected chi connectivity index (χ0v) is 16.6. The Balaban J connectivity index is 2.22. The molecular formula is C21H21ClN2OS. The van der Waals surface area contributed by atoms with E-state index in [1.165, 1.54) is 0 Å². The van der Waals surface area contributed by atoms with E-state index in [1.807, 2.05) is 61.5 Å². The van der Waals surface area contributed by atoms with Crippen molar-refractivity contribution in [2.24, 2.45) is 0 Å². The average molecular weight is 385 g/mol. The van der Waals surface area contributed by atoms with Crippen LogP contribution in [0.4, 0.5) is 0 Å². The molecule has 1 aromatic heterocycles. The van der Waals surface area contributed by atoms with Crippen molar-refractivity contribution in [3.63, 3.8) is 0 Å². The Hall–Kier alpha value is -2.17. The van der Waals surface area contributed by atoms with Gasteiger partial charge in [0, 0.05) is 24.5 Å². The van der Waals surface area contributed by atoms with E-state index in [1.54, 1.807) is 30.3 Å². The maximum absolute atomic E-state index is 13.2. The minimum atomic E-state index is -0.639. The summed E-state index contributed by atoms with van der Waals surface area (Å²) in [5.74, 6) is -0.489. The third-order valence-corrected chi connectivity index (χ3v) is 6.05. The van der Waals surface area contributed by atoms with E-state index in [4.69, 9.17) is 16.6 Å². The lowest BCUT2D eigenvalue weighted by Gasteiger charge is -2.35. The van der Waals surface area contributed by atoms with Crippen LogP contribution in [0.25, 0.3) is 10.2 Å². The van der Waals surface area contributed by atoms with Crippen LogP contribution in [0.3, 0.4) is 0 Å². The summed E-state index contributed by atoms with van der Waals surface area (Å²) in [6, 6.07) is 15.5. The molecule has 3 rings (SSSR count). The highest BCUT2D eigenvalue weighted by atomic mass is 35.5. The molecule has 0 N–H and O–H groups in total. The van der Waals surface area contributed by atoms with Gasteiger partial charge in [0.05, 0.1) is 10.2 Å². The molecule has 3 nitrogen and oxygen atoms in total. The predicted molar refractivity (Wildman–Crippen MR) is 110 cm³/mol. The highest BCUT2D eigenvalue weighted by Gasteiger charge is 2.42. The number of aromatic nitrogens is 1. The number of carbonyl (C=O) groups excluding carboxylic acids is 1. The lowest BCUT2D eigenvalue weighted by atomic mass is 9.71. The van der Waals surface area contributed by atoms with Crippen LogP contribution in [0, 0.1) is 0 Å². The normalized spacial score (nSPS) is 14.6. The van der Waals surface area contributed by atoms with Crippen molar-refractivity contribution in [3.8, 4) is 0 Å². The number of hydrogen-bond donors (Lipinski definition) is 0. The van der Waals surface area contributed by atoms with E-state index in [-0.39, 0.29) is 5.91 Å². The van der Waals surface area contributed by atoms with Crippen LogP contribution < -0.4 is 0 Å². The Bertz CT molecular complexity index is 932. The molecule has 2 aromatic carbocycles. The van der Waals surface area contributed by atoms with Crippen molar-refractivity contribution in [1.29, 1.82) is 0 Å². The lowest BCUT2D eigenvalue weighted by molar-refractivity contribution is -0.131. The highest BCUT2D eigenvalue weighted by Crippen LogP contribution is 2.44. The summed E-state index contributed by atoms with van der Waals surface area (Å²) in [5.41, 5.74) is 1.21. The number of amides is 1. The number of halogens is 1. The zero-order valence-electron chi connectivity index (χ0n) is 15.1. The molecule has 2 atom stereocenters. The van der Waals surface area contributed by atoms with Crippen LogP contribution in [0.1, 0.15) is 23.4 Å². The van der Waals surface area contributed by atoms with Crippen molar-refractivity contribution in [3.05, 3.63) is 76.8 Å². The first-order chi connectivity index (χ1) is 12.4. The van der Waals surface area contributed by atoms with Gasteiger partial charge in [-0.2, -0.15) is 0 Å². The number of thiazole rings is 1. The van der Waals surface area contributed by atoms with Crippen LogP contribution in [0.5, 0.6) is 0 Å². The Labute approximate surface area is 162 Å². The maximum atomic E-state index is 13.2. The standard InChI is InChI=1S/C21H21ClN2OS/c1-5-21(2,14-9-8-10-15(22)13-14)18(20(25)24(3)4)19-23-16-11-6-7-12-17(16)26-19/h5-13,18H,1H2,2-4H3/t18-,21+/m1/s1. The van der Waals surface area contributed by atoms with E-state index in [9.17, 15) is 4.79 Å². The molecule has 1 heterocycles. The maximum Gasteiger partial charge on any atom is 0.233 e. The molecule has 0 aliphatic heterocycles. The van der Waals surface area contributed by atoms with Gasteiger partial charge in [0.2, 0.25) is 5.91 Å². The fourth-order valence-electron chi connectivity index (χ4n) is 3.12. The zero-order chi connectivity index (χ0) is 18.9. The first-order valence-electron chi connectivity index (χ1n) is 8.33. The van der Waals surface area contributed by atoms with Crippen LogP contribution in [0.2, 0.25) is 5.02 Å². The van der Waals surface area contributed by atoms with Gasteiger partial charge in [-0.15, -0.1) is 17.9 Å². The first kappa shape index (κ1) is 18.6. The number of para-hydroxylation sites is 1. The average Bonchev–Trinajstić information content (AvgIpc) is 3.04. The largest absolute Gasteiger partial charge is 0.348 e. The van der Waals surface area contributed by atoms with Gasteiger partial charge in [0.1, 0.15) is 10.9 Å². The molecule has 0 bridgehead atoms. The van der Waals surface area contributed by atoms with Crippen molar-refractivity contribution in [1.82, 2.24) is 9.88 Å². The van der Waals surface area contributed by atoms with Gasteiger partial charge in [-0.05, 0) is 29.8 Å². The monoisotopic (exact) mass is 384 g/mol. The minimum absolute atomic E-state index is 0.00793. The molecule has 0 saturated carbocycles. The number of benzene rings is 2. The van der Waals surface area contributed by atoms with E-state index in [2.05, 4.69) is 6.58 Å². The molecule has 134 valence electrons. The highest BCUT2D eigenvalue weighted by molar-refractivity contribution is 7.18. The predicted octanol–water partition coefficient (Wildman–Crippen LogP) is 5.27. The second-order valence-electron chi connectivity index (χ2n) is 6.68. The number of allylic oxidation sites excluding steroid dienone is 1. The molecule has 0 aliphatic rings. The van der Waals surface area contributed by atoms with Crippen LogP contribution in [-0.4, -0.2) is 29.9 Å². The van der Waals surface area contributed by atoms with E-state index >= 15 is 0 Å². The SMILES string of the molecule is C=C[C@@](C)(c1cccc(Cl)c1)[C@@H](C(=O)N(C)C)c1nc2ccccc2s1. The summed E-state index contributed by atoms with van der Waals surface area (Å²) in [6.07, 6.45) is 1.83. The van der Waals surface area contributed by atoms with Gasteiger partial charge in [-0.1, -0.05) is 48.9 Å². The Morgan fingerprint density at radius 2 is 2.00 bits per heavy atom. The minimum Gasteiger partial charge on any atom is -0.348 e. The van der Waals surface area contributed by atoms with Gasteiger partial charge in [0.25, 0.3) is 0 Å². The van der Waals surface area contributed by atoms with E-state index < -0.39 is 11.3 Å². The molecule has 0 fully saturated rings. The van der Waals surface area contributed by atoms with Gasteiger partial charge < -0.3 is 4.90 Å². The topological polar surface area (TPSA) is 33.2 Å². The van der Waals surface area contributed by atoms with E-state index in [0.29, 0.717) is 5.02 Å². The van der Waals surface area contributed by atoms with Crippen LogP contribution in [0.15, 0.2) is 61.2 Å². The summed E-state index contributed by atoms with van der Waals surface area (Å²) in [4.78, 5) is 19.6. The Kier molecular flexibility index (Phi) is 5.17. The Morgan fingerprint density at radius 3 is 2.62 bits per heavy atom. The quantitative estimate of drug-likeness (QED) is 0.562. The Morgan fingerprint density at radius 1 is 1.27 bits per heavy atom. The van der Waals surface area contributed by atoms with Crippen molar-refractivity contribution >= 4 is 39.1 Å². The molecule has 1 amide bonds. The molecule has 0 aliphatic carbocycles. The van der Waals surface area contributed by atoms with Crippen LogP contribution in [-0.2, 0) is 10.2 Å². The molecular weight excluding hydrogens is 364 g/mol. The molecule has 0 saturated heterocycles. The molecule has 0 unspecified atom stereocenters. The van der Waals surface area contributed by atoms with Gasteiger partial charge in [-0.25, -0.2) is 4.98 Å². The van der Waals surface area contributed by atoms with Crippen molar-refractivity contribution < 1.29 is 4.79 Å².